The Bertz CT molecular complexity index is 783. The number of carboxylic acid groups (broad SMARTS) is 1. The molecule has 1 unspecified atom stereocenters. The van der Waals surface area contributed by atoms with Gasteiger partial charge in [0.2, 0.25) is 0 Å². The zero-order valence-electron chi connectivity index (χ0n) is 11.9. The molecule has 0 bridgehead atoms. The van der Waals surface area contributed by atoms with E-state index in [1.54, 1.807) is 18.2 Å². The smallest absolute Gasteiger partial charge is 0.305 e. The summed E-state index contributed by atoms with van der Waals surface area (Å²) in [6.45, 7) is 0.600. The van der Waals surface area contributed by atoms with Gasteiger partial charge in [0.15, 0.2) is 0 Å². The van der Waals surface area contributed by atoms with Crippen LogP contribution in [0.15, 0.2) is 18.2 Å². The first-order valence-electron chi connectivity index (χ1n) is 6.90. The van der Waals surface area contributed by atoms with Crippen LogP contribution in [0.2, 0.25) is 10.0 Å². The molecule has 0 spiro atoms. The van der Waals surface area contributed by atoms with Crippen LogP contribution in [0.1, 0.15) is 22.5 Å². The Labute approximate surface area is 146 Å². The van der Waals surface area contributed by atoms with E-state index in [1.807, 2.05) is 0 Å². The Kier molecular flexibility index (Phi) is 4.51. The van der Waals surface area contributed by atoms with Gasteiger partial charge in [0.1, 0.15) is 4.88 Å². The average Bonchev–Trinajstić information content (AvgIpc) is 3.03. The number of rotatable bonds is 4. The normalized spacial score (nSPS) is 20.8. The van der Waals surface area contributed by atoms with Gasteiger partial charge in [-0.2, -0.15) is 0 Å². The van der Waals surface area contributed by atoms with Crippen molar-refractivity contribution < 1.29 is 19.4 Å². The van der Waals surface area contributed by atoms with Crippen molar-refractivity contribution in [2.24, 2.45) is 0 Å². The maximum Gasteiger partial charge on any atom is 0.305 e. The van der Waals surface area contributed by atoms with Gasteiger partial charge in [-0.3, -0.25) is 9.59 Å². The van der Waals surface area contributed by atoms with Crippen LogP contribution in [0.4, 0.5) is 0 Å². The topological polar surface area (TPSA) is 75.6 Å². The van der Waals surface area contributed by atoms with E-state index >= 15 is 0 Å². The summed E-state index contributed by atoms with van der Waals surface area (Å²) in [6, 6.07) is 5.22. The molecule has 1 atom stereocenters. The lowest BCUT2D eigenvalue weighted by Crippen LogP contribution is -2.50. The summed E-state index contributed by atoms with van der Waals surface area (Å²) in [6.07, 6.45) is 0.270. The number of hydrogen-bond donors (Lipinski definition) is 2. The van der Waals surface area contributed by atoms with E-state index in [0.29, 0.717) is 28.0 Å². The van der Waals surface area contributed by atoms with Crippen molar-refractivity contribution in [3.8, 4) is 0 Å². The first-order chi connectivity index (χ1) is 10.9. The molecule has 23 heavy (non-hydrogen) atoms. The summed E-state index contributed by atoms with van der Waals surface area (Å²) in [5, 5.41) is 13.5. The van der Waals surface area contributed by atoms with Crippen molar-refractivity contribution in [3.63, 3.8) is 0 Å². The van der Waals surface area contributed by atoms with Crippen molar-refractivity contribution in [2.75, 3.05) is 13.2 Å². The minimum Gasteiger partial charge on any atom is -0.481 e. The fourth-order valence-corrected chi connectivity index (χ4v) is 4.35. The van der Waals surface area contributed by atoms with Crippen molar-refractivity contribution in [2.45, 2.75) is 18.4 Å². The van der Waals surface area contributed by atoms with Crippen molar-refractivity contribution >= 4 is 56.5 Å². The van der Waals surface area contributed by atoms with E-state index in [0.717, 1.165) is 10.1 Å². The van der Waals surface area contributed by atoms with E-state index in [1.165, 1.54) is 11.3 Å². The van der Waals surface area contributed by atoms with Crippen molar-refractivity contribution in [3.05, 3.63) is 33.1 Å². The van der Waals surface area contributed by atoms with E-state index < -0.39 is 11.5 Å². The fraction of sp³-hybridized carbons (Fsp3) is 0.333. The molecular weight excluding hydrogens is 361 g/mol. The molecule has 3 rings (SSSR count). The quantitative estimate of drug-likeness (QED) is 0.858. The molecule has 1 fully saturated rings. The zero-order chi connectivity index (χ0) is 16.6. The van der Waals surface area contributed by atoms with Gasteiger partial charge in [-0.15, -0.1) is 11.3 Å². The molecule has 1 aromatic carbocycles. The van der Waals surface area contributed by atoms with E-state index in [-0.39, 0.29) is 18.9 Å². The van der Waals surface area contributed by atoms with Gasteiger partial charge in [-0.1, -0.05) is 29.3 Å². The molecule has 2 N–H and O–H groups in total. The van der Waals surface area contributed by atoms with Gasteiger partial charge >= 0.3 is 5.97 Å². The molecule has 0 saturated carbocycles. The number of amides is 1. The minimum absolute atomic E-state index is 0.180. The number of halogens is 2. The highest BCUT2D eigenvalue weighted by Gasteiger charge is 2.39. The predicted octanol–water partition coefficient (Wildman–Crippen LogP) is 3.57. The number of fused-ring (bicyclic) bond motifs is 1. The molecule has 0 aliphatic carbocycles. The highest BCUT2D eigenvalue weighted by molar-refractivity contribution is 7.21. The van der Waals surface area contributed by atoms with Gasteiger partial charge < -0.3 is 15.2 Å². The van der Waals surface area contributed by atoms with E-state index in [9.17, 15) is 9.59 Å². The number of carboxylic acids is 1. The summed E-state index contributed by atoms with van der Waals surface area (Å²) < 4.78 is 6.09. The Balaban J connectivity index is 1.90. The van der Waals surface area contributed by atoms with Crippen LogP contribution in [0.5, 0.6) is 0 Å². The molecule has 1 amide bonds. The summed E-state index contributed by atoms with van der Waals surface area (Å²) in [4.78, 5) is 24.0. The second kappa shape index (κ2) is 6.28. The average molecular weight is 374 g/mol. The number of ether oxygens (including phenoxy) is 1. The number of thiophene rings is 1. The molecule has 0 radical (unpaired) electrons. The van der Waals surface area contributed by atoms with Crippen LogP contribution in [-0.4, -0.2) is 35.7 Å². The first-order valence-corrected chi connectivity index (χ1v) is 8.47. The molecule has 5 nitrogen and oxygen atoms in total. The standard InChI is InChI=1S/C15H13Cl2NO4S/c16-8-1-2-9-10(5-8)23-13(12(9)17)14(21)18-15(6-11(19)20)3-4-22-7-15/h1-2,5H,3-4,6-7H2,(H,18,21)(H,19,20). The Morgan fingerprint density at radius 2 is 2.17 bits per heavy atom. The number of nitrogens with one attached hydrogen (secondary N) is 1. The van der Waals surface area contributed by atoms with Crippen LogP contribution < -0.4 is 5.32 Å². The highest BCUT2D eigenvalue weighted by atomic mass is 35.5. The van der Waals surface area contributed by atoms with Gasteiger partial charge in [0, 0.05) is 21.7 Å². The van der Waals surface area contributed by atoms with Gasteiger partial charge in [-0.25, -0.2) is 0 Å². The van der Waals surface area contributed by atoms with Crippen molar-refractivity contribution in [1.82, 2.24) is 5.32 Å². The number of carbonyl (C=O) groups is 2. The Morgan fingerprint density at radius 3 is 2.83 bits per heavy atom. The molecular formula is C15H13Cl2NO4S. The Morgan fingerprint density at radius 1 is 1.39 bits per heavy atom. The lowest BCUT2D eigenvalue weighted by molar-refractivity contribution is -0.138. The predicted molar refractivity (Wildman–Crippen MR) is 89.7 cm³/mol. The third kappa shape index (κ3) is 3.30. The lowest BCUT2D eigenvalue weighted by atomic mass is 9.94. The Hall–Kier alpha value is -1.34. The molecule has 122 valence electrons. The summed E-state index contributed by atoms with van der Waals surface area (Å²) in [5.74, 6) is -1.37. The van der Waals surface area contributed by atoms with Crippen LogP contribution in [-0.2, 0) is 9.53 Å². The van der Waals surface area contributed by atoms with Gasteiger partial charge in [0.25, 0.3) is 5.91 Å². The maximum absolute atomic E-state index is 12.6. The number of carbonyl (C=O) groups excluding carboxylic acids is 1. The van der Waals surface area contributed by atoms with Gasteiger partial charge in [0.05, 0.1) is 23.6 Å². The van der Waals surface area contributed by atoms with Crippen molar-refractivity contribution in [1.29, 1.82) is 0 Å². The fourth-order valence-electron chi connectivity index (χ4n) is 2.66. The number of benzene rings is 1. The lowest BCUT2D eigenvalue weighted by Gasteiger charge is -2.26. The minimum atomic E-state index is -0.981. The SMILES string of the molecule is O=C(O)CC1(NC(=O)c2sc3cc(Cl)ccc3c2Cl)CCOC1. The monoisotopic (exact) mass is 373 g/mol. The van der Waals surface area contributed by atoms with Crippen LogP contribution in [0, 0.1) is 0 Å². The summed E-state index contributed by atoms with van der Waals surface area (Å²) in [5.41, 5.74) is -0.889. The molecule has 1 aromatic heterocycles. The molecule has 2 heterocycles. The highest BCUT2D eigenvalue weighted by Crippen LogP contribution is 2.37. The third-order valence-electron chi connectivity index (χ3n) is 3.77. The maximum atomic E-state index is 12.6. The molecule has 1 aliphatic rings. The van der Waals surface area contributed by atoms with E-state index in [2.05, 4.69) is 5.32 Å². The molecule has 8 heteroatoms. The first kappa shape index (κ1) is 16.5. The van der Waals surface area contributed by atoms with E-state index in [4.69, 9.17) is 33.0 Å². The molecule has 1 aliphatic heterocycles. The second-order valence-corrected chi connectivity index (χ2v) is 7.36. The third-order valence-corrected chi connectivity index (χ3v) is 5.66. The number of aliphatic carboxylic acids is 1. The summed E-state index contributed by atoms with van der Waals surface area (Å²) >= 11 is 13.5. The zero-order valence-corrected chi connectivity index (χ0v) is 14.2. The largest absolute Gasteiger partial charge is 0.481 e. The van der Waals surface area contributed by atoms with Crippen LogP contribution in [0.25, 0.3) is 10.1 Å². The van der Waals surface area contributed by atoms with Crippen LogP contribution >= 0.6 is 34.5 Å². The second-order valence-electron chi connectivity index (χ2n) is 5.49. The van der Waals surface area contributed by atoms with Gasteiger partial charge in [-0.05, 0) is 18.6 Å². The molecule has 2 aromatic rings. The molecule has 1 saturated heterocycles. The van der Waals surface area contributed by atoms with Crippen LogP contribution in [0.3, 0.4) is 0 Å². The number of hydrogen-bond acceptors (Lipinski definition) is 4. The summed E-state index contributed by atoms with van der Waals surface area (Å²) in [7, 11) is 0.